The Morgan fingerprint density at radius 1 is 1.23 bits per heavy atom. The number of hydrogen-bond acceptors (Lipinski definition) is 7. The van der Waals surface area contributed by atoms with Gasteiger partial charge in [-0.05, 0) is 29.7 Å². The average Bonchev–Trinajstić information content (AvgIpc) is 3.17. The first-order valence-electron chi connectivity index (χ1n) is 9.30. The van der Waals surface area contributed by atoms with Crippen LogP contribution in [0, 0.1) is 0 Å². The molecule has 31 heavy (non-hydrogen) atoms. The Hall–Kier alpha value is -3.41. The van der Waals surface area contributed by atoms with Gasteiger partial charge in [-0.2, -0.15) is 18.2 Å². The van der Waals surface area contributed by atoms with Crippen LogP contribution in [0.2, 0.25) is 0 Å². The van der Waals surface area contributed by atoms with Crippen LogP contribution in [-0.4, -0.2) is 70.5 Å². The molecular formula is C19H20F3N5O4. The van der Waals surface area contributed by atoms with Crippen molar-refractivity contribution in [1.29, 1.82) is 0 Å². The lowest BCUT2D eigenvalue weighted by atomic mass is 10.1. The maximum atomic E-state index is 12.2. The van der Waals surface area contributed by atoms with Crippen molar-refractivity contribution in [1.82, 2.24) is 20.0 Å². The Morgan fingerprint density at radius 2 is 1.87 bits per heavy atom. The molecule has 2 aromatic heterocycles. The number of pyridine rings is 1. The molecular weight excluding hydrogens is 419 g/mol. The Bertz CT molecular complexity index is 1100. The minimum absolute atomic E-state index is 0.118. The van der Waals surface area contributed by atoms with Gasteiger partial charge >= 0.3 is 12.1 Å². The van der Waals surface area contributed by atoms with E-state index in [1.54, 1.807) is 0 Å². The largest absolute Gasteiger partial charge is 0.490 e. The fraction of sp³-hybridized carbons (Fsp3) is 0.368. The minimum Gasteiger partial charge on any atom is -0.475 e. The lowest BCUT2D eigenvalue weighted by Gasteiger charge is -2.31. The molecule has 1 aromatic carbocycles. The van der Waals surface area contributed by atoms with Crippen molar-refractivity contribution in [2.24, 2.45) is 0 Å². The molecule has 0 radical (unpaired) electrons. The number of aliphatic carboxylic acids is 1. The van der Waals surface area contributed by atoms with Crippen molar-refractivity contribution in [3.05, 3.63) is 52.1 Å². The number of carboxylic acid groups (broad SMARTS) is 1. The van der Waals surface area contributed by atoms with E-state index in [2.05, 4.69) is 32.0 Å². The smallest absolute Gasteiger partial charge is 0.475 e. The highest BCUT2D eigenvalue weighted by atomic mass is 19.4. The molecule has 12 heteroatoms. The number of rotatable bonds is 3. The van der Waals surface area contributed by atoms with E-state index in [4.69, 9.17) is 14.4 Å². The summed E-state index contributed by atoms with van der Waals surface area (Å²) in [5, 5.41) is 12.2. The van der Waals surface area contributed by atoms with Gasteiger partial charge in [-0.1, -0.05) is 18.2 Å². The summed E-state index contributed by atoms with van der Waals surface area (Å²) in [4.78, 5) is 32.8. The molecule has 0 bridgehead atoms. The third-order valence-electron chi connectivity index (χ3n) is 4.66. The zero-order chi connectivity index (χ0) is 22.6. The van der Waals surface area contributed by atoms with Crippen molar-refractivity contribution in [2.75, 3.05) is 38.1 Å². The van der Waals surface area contributed by atoms with Gasteiger partial charge in [0.05, 0.1) is 6.42 Å². The first kappa shape index (κ1) is 22.3. The van der Waals surface area contributed by atoms with Crippen molar-refractivity contribution < 1.29 is 27.6 Å². The van der Waals surface area contributed by atoms with Crippen LogP contribution in [0.1, 0.15) is 11.5 Å². The number of H-pyrrole nitrogens is 1. The normalized spacial score (nSPS) is 14.9. The minimum atomic E-state index is -5.08. The van der Waals surface area contributed by atoms with Gasteiger partial charge in [-0.3, -0.25) is 4.79 Å². The van der Waals surface area contributed by atoms with Gasteiger partial charge in [0.1, 0.15) is 0 Å². The van der Waals surface area contributed by atoms with E-state index in [1.807, 2.05) is 30.3 Å². The van der Waals surface area contributed by atoms with Gasteiger partial charge < -0.3 is 24.4 Å². The summed E-state index contributed by atoms with van der Waals surface area (Å²) >= 11 is 0. The summed E-state index contributed by atoms with van der Waals surface area (Å²) in [5.74, 6) is -1.69. The Kier molecular flexibility index (Phi) is 6.59. The number of hydrogen-bond donors (Lipinski definition) is 2. The standard InChI is InChI=1S/C17H19N5O2.C2HF3O2/c1-21-6-8-22(9-7-21)17-19-15(24-20-17)11-13-10-12-4-2-3-5-14(12)18-16(13)23;3-2(4,5)1(6)7/h2-5,10H,6-9,11H2,1H3,(H,18,23);(H,6,7). The number of benzene rings is 1. The molecule has 4 rings (SSSR count). The molecule has 166 valence electrons. The molecule has 9 nitrogen and oxygen atoms in total. The van der Waals surface area contributed by atoms with Gasteiger partial charge in [0.2, 0.25) is 5.89 Å². The zero-order valence-corrected chi connectivity index (χ0v) is 16.5. The fourth-order valence-corrected chi connectivity index (χ4v) is 2.94. The Labute approximate surface area is 174 Å². The second-order valence-corrected chi connectivity index (χ2v) is 6.97. The van der Waals surface area contributed by atoms with E-state index in [9.17, 15) is 18.0 Å². The van der Waals surface area contributed by atoms with Gasteiger partial charge in [-0.15, -0.1) is 0 Å². The summed E-state index contributed by atoms with van der Waals surface area (Å²) in [6.07, 6.45) is -4.75. The van der Waals surface area contributed by atoms with Crippen LogP contribution in [0.15, 0.2) is 39.6 Å². The number of para-hydroxylation sites is 1. The molecule has 0 atom stereocenters. The lowest BCUT2D eigenvalue weighted by Crippen LogP contribution is -2.44. The summed E-state index contributed by atoms with van der Waals surface area (Å²) in [7, 11) is 2.10. The van der Waals surface area contributed by atoms with E-state index in [1.165, 1.54) is 0 Å². The first-order chi connectivity index (χ1) is 14.6. The number of carboxylic acids is 1. The van der Waals surface area contributed by atoms with E-state index in [-0.39, 0.29) is 5.56 Å². The second-order valence-electron chi connectivity index (χ2n) is 6.97. The number of alkyl halides is 3. The number of fused-ring (bicyclic) bond motifs is 1. The molecule has 1 aliphatic rings. The topological polar surface area (TPSA) is 116 Å². The molecule has 0 spiro atoms. The molecule has 1 fully saturated rings. The number of piperazine rings is 1. The number of halogens is 3. The zero-order valence-electron chi connectivity index (χ0n) is 16.5. The van der Waals surface area contributed by atoms with Crippen LogP contribution in [0.3, 0.4) is 0 Å². The van der Waals surface area contributed by atoms with Gasteiger partial charge in [0.25, 0.3) is 11.5 Å². The average molecular weight is 439 g/mol. The number of nitrogens with zero attached hydrogens (tertiary/aromatic N) is 4. The number of anilines is 1. The van der Waals surface area contributed by atoms with Crippen LogP contribution < -0.4 is 10.5 Å². The molecule has 2 N–H and O–H groups in total. The number of nitrogens with one attached hydrogen (secondary N) is 1. The fourth-order valence-electron chi connectivity index (χ4n) is 2.94. The third kappa shape index (κ3) is 5.81. The van der Waals surface area contributed by atoms with Gasteiger partial charge in [-0.25, -0.2) is 4.79 Å². The Balaban J connectivity index is 0.000000339. The monoisotopic (exact) mass is 439 g/mol. The number of aromatic nitrogens is 3. The number of aromatic amines is 1. The van der Waals surface area contributed by atoms with Crippen molar-refractivity contribution in [3.8, 4) is 0 Å². The molecule has 3 aromatic rings. The summed E-state index contributed by atoms with van der Waals surface area (Å²) < 4.78 is 37.1. The summed E-state index contributed by atoms with van der Waals surface area (Å²) in [6, 6.07) is 9.59. The maximum Gasteiger partial charge on any atom is 0.490 e. The molecule has 1 saturated heterocycles. The predicted octanol–water partition coefficient (Wildman–Crippen LogP) is 1.89. The first-order valence-corrected chi connectivity index (χ1v) is 9.30. The second kappa shape index (κ2) is 9.16. The predicted molar refractivity (Wildman–Crippen MR) is 105 cm³/mol. The highest BCUT2D eigenvalue weighted by Gasteiger charge is 2.38. The Morgan fingerprint density at radius 3 is 2.52 bits per heavy atom. The lowest BCUT2D eigenvalue weighted by molar-refractivity contribution is -0.192. The molecule has 1 aliphatic heterocycles. The van der Waals surface area contributed by atoms with Crippen molar-refractivity contribution in [3.63, 3.8) is 0 Å². The summed E-state index contributed by atoms with van der Waals surface area (Å²) in [5.41, 5.74) is 1.34. The highest BCUT2D eigenvalue weighted by Crippen LogP contribution is 2.16. The number of carbonyl (C=O) groups is 1. The van der Waals surface area contributed by atoms with Crippen LogP contribution in [0.25, 0.3) is 10.9 Å². The van der Waals surface area contributed by atoms with E-state index < -0.39 is 12.1 Å². The molecule has 0 saturated carbocycles. The van der Waals surface area contributed by atoms with Crippen molar-refractivity contribution in [2.45, 2.75) is 12.6 Å². The summed E-state index contributed by atoms with van der Waals surface area (Å²) in [6.45, 7) is 3.72. The van der Waals surface area contributed by atoms with E-state index in [0.717, 1.165) is 37.1 Å². The quantitative estimate of drug-likeness (QED) is 0.636. The molecule has 0 unspecified atom stereocenters. The SMILES string of the molecule is CN1CCN(c2noc(Cc3cc4ccccc4[nH]c3=O)n2)CC1.O=C(O)C(F)(F)F. The van der Waals surface area contributed by atoms with Gasteiger partial charge in [0.15, 0.2) is 0 Å². The maximum absolute atomic E-state index is 12.2. The van der Waals surface area contributed by atoms with Crippen LogP contribution in [0.4, 0.5) is 19.1 Å². The van der Waals surface area contributed by atoms with Crippen molar-refractivity contribution >= 4 is 22.8 Å². The van der Waals surface area contributed by atoms with Crippen LogP contribution in [-0.2, 0) is 11.2 Å². The van der Waals surface area contributed by atoms with E-state index in [0.29, 0.717) is 23.8 Å². The molecule has 3 heterocycles. The molecule has 0 aliphatic carbocycles. The highest BCUT2D eigenvalue weighted by molar-refractivity contribution is 5.78. The van der Waals surface area contributed by atoms with E-state index >= 15 is 0 Å². The molecule has 0 amide bonds. The van der Waals surface area contributed by atoms with Crippen LogP contribution in [0.5, 0.6) is 0 Å². The third-order valence-corrected chi connectivity index (χ3v) is 4.66. The van der Waals surface area contributed by atoms with Crippen LogP contribution >= 0.6 is 0 Å². The van der Waals surface area contributed by atoms with Gasteiger partial charge in [0, 0.05) is 37.3 Å². The number of likely N-dealkylation sites (N-methyl/N-ethyl adjacent to an activating group) is 1.